The van der Waals surface area contributed by atoms with E-state index in [4.69, 9.17) is 4.74 Å². The largest absolute Gasteiger partial charge is 0.497 e. The summed E-state index contributed by atoms with van der Waals surface area (Å²) < 4.78 is 6.99. The van der Waals surface area contributed by atoms with Crippen molar-refractivity contribution < 1.29 is 9.53 Å². The molecular formula is C22H24N4O2. The molecule has 144 valence electrons. The van der Waals surface area contributed by atoms with Gasteiger partial charge in [0.1, 0.15) is 5.75 Å². The second-order valence-electron chi connectivity index (χ2n) is 7.08. The van der Waals surface area contributed by atoms with Gasteiger partial charge in [0.2, 0.25) is 5.82 Å². The first-order chi connectivity index (χ1) is 13.7. The lowest BCUT2D eigenvalue weighted by molar-refractivity contribution is 0.0623. The zero-order chi connectivity index (χ0) is 19.5. The van der Waals surface area contributed by atoms with Gasteiger partial charge >= 0.3 is 0 Å². The molecule has 6 heteroatoms. The van der Waals surface area contributed by atoms with Gasteiger partial charge in [0.05, 0.1) is 12.8 Å². The van der Waals surface area contributed by atoms with Crippen molar-refractivity contribution in [2.45, 2.75) is 32.2 Å². The number of rotatable bonds is 4. The van der Waals surface area contributed by atoms with Crippen LogP contribution in [0, 0.1) is 0 Å². The standard InChI is InChI=1S/C22H24N4O2/c1-16-8-6-7-15-25(16)22(27)20-23-21(17-11-13-19(28-2)14-12-17)26(24-20)18-9-4-3-5-10-18/h3-5,9-14,16H,6-8,15H2,1-2H3/t16-/m1/s1. The van der Waals surface area contributed by atoms with Crippen LogP contribution >= 0.6 is 0 Å². The number of carbonyl (C=O) groups is 1. The highest BCUT2D eigenvalue weighted by atomic mass is 16.5. The Hall–Kier alpha value is -3.15. The minimum atomic E-state index is -0.100. The zero-order valence-corrected chi connectivity index (χ0v) is 16.2. The van der Waals surface area contributed by atoms with Crippen LogP contribution in [0.1, 0.15) is 36.8 Å². The van der Waals surface area contributed by atoms with Gasteiger partial charge in [-0.1, -0.05) is 18.2 Å². The van der Waals surface area contributed by atoms with E-state index in [0.29, 0.717) is 5.82 Å². The van der Waals surface area contributed by atoms with E-state index in [0.717, 1.165) is 42.8 Å². The van der Waals surface area contributed by atoms with E-state index in [9.17, 15) is 4.79 Å². The lowest BCUT2D eigenvalue weighted by Crippen LogP contribution is -2.42. The maximum Gasteiger partial charge on any atom is 0.293 e. The fraction of sp³-hybridized carbons (Fsp3) is 0.318. The van der Waals surface area contributed by atoms with Gasteiger partial charge in [0.15, 0.2) is 5.82 Å². The Balaban J connectivity index is 1.76. The molecule has 2 aromatic carbocycles. The second kappa shape index (κ2) is 7.84. The molecule has 1 amide bonds. The molecule has 1 saturated heterocycles. The number of piperidine rings is 1. The average molecular weight is 376 g/mol. The highest BCUT2D eigenvalue weighted by Crippen LogP contribution is 2.25. The smallest absolute Gasteiger partial charge is 0.293 e. The lowest BCUT2D eigenvalue weighted by Gasteiger charge is -2.32. The summed E-state index contributed by atoms with van der Waals surface area (Å²) in [4.78, 5) is 19.6. The third kappa shape index (κ3) is 3.50. The Morgan fingerprint density at radius 1 is 1.07 bits per heavy atom. The number of hydrogen-bond donors (Lipinski definition) is 0. The molecule has 6 nitrogen and oxygen atoms in total. The van der Waals surface area contributed by atoms with E-state index >= 15 is 0 Å². The maximum absolute atomic E-state index is 13.1. The minimum absolute atomic E-state index is 0.100. The van der Waals surface area contributed by atoms with Gasteiger partial charge in [-0.2, -0.15) is 0 Å². The lowest BCUT2D eigenvalue weighted by atomic mass is 10.0. The van der Waals surface area contributed by atoms with E-state index in [1.807, 2.05) is 59.5 Å². The summed E-state index contributed by atoms with van der Waals surface area (Å²) in [6, 6.07) is 17.6. The second-order valence-corrected chi connectivity index (χ2v) is 7.08. The van der Waals surface area contributed by atoms with Crippen molar-refractivity contribution in [1.29, 1.82) is 0 Å². The Morgan fingerprint density at radius 3 is 2.50 bits per heavy atom. The SMILES string of the molecule is COc1ccc(-c2nc(C(=O)N3CCCC[C@H]3C)nn2-c2ccccc2)cc1. The van der Waals surface area contributed by atoms with Crippen LogP contribution < -0.4 is 4.74 Å². The van der Waals surface area contributed by atoms with Crippen molar-refractivity contribution in [3.63, 3.8) is 0 Å². The summed E-state index contributed by atoms with van der Waals surface area (Å²) in [6.45, 7) is 2.85. The number of benzene rings is 2. The summed E-state index contributed by atoms with van der Waals surface area (Å²) >= 11 is 0. The average Bonchev–Trinajstić information content (AvgIpc) is 3.20. The van der Waals surface area contributed by atoms with Crippen molar-refractivity contribution in [3.05, 3.63) is 60.4 Å². The van der Waals surface area contributed by atoms with E-state index < -0.39 is 0 Å². The number of methoxy groups -OCH3 is 1. The van der Waals surface area contributed by atoms with Gasteiger partial charge in [-0.15, -0.1) is 5.10 Å². The Labute approximate surface area is 164 Å². The van der Waals surface area contributed by atoms with Crippen LogP contribution in [0.5, 0.6) is 5.75 Å². The Bertz CT molecular complexity index is 950. The van der Waals surface area contributed by atoms with Crippen molar-refractivity contribution in [1.82, 2.24) is 19.7 Å². The van der Waals surface area contributed by atoms with E-state index in [1.165, 1.54) is 0 Å². The third-order valence-corrected chi connectivity index (χ3v) is 5.21. The van der Waals surface area contributed by atoms with Crippen molar-refractivity contribution in [2.75, 3.05) is 13.7 Å². The summed E-state index contributed by atoms with van der Waals surface area (Å²) in [5, 5.41) is 4.59. The van der Waals surface area contributed by atoms with Gasteiger partial charge in [-0.25, -0.2) is 9.67 Å². The van der Waals surface area contributed by atoms with Crippen molar-refractivity contribution >= 4 is 5.91 Å². The van der Waals surface area contributed by atoms with Crippen LogP contribution in [0.15, 0.2) is 54.6 Å². The van der Waals surface area contributed by atoms with Gasteiger partial charge in [0, 0.05) is 18.2 Å². The van der Waals surface area contributed by atoms with Crippen molar-refractivity contribution in [2.24, 2.45) is 0 Å². The normalized spacial score (nSPS) is 16.8. The molecule has 1 fully saturated rings. The van der Waals surface area contributed by atoms with Crippen LogP contribution in [0.4, 0.5) is 0 Å². The molecule has 1 atom stereocenters. The molecule has 1 aliphatic rings. The third-order valence-electron chi connectivity index (χ3n) is 5.21. The molecular weight excluding hydrogens is 352 g/mol. The monoisotopic (exact) mass is 376 g/mol. The number of likely N-dealkylation sites (tertiary alicyclic amines) is 1. The van der Waals surface area contributed by atoms with Gasteiger partial charge < -0.3 is 9.64 Å². The topological polar surface area (TPSA) is 60.2 Å². The Morgan fingerprint density at radius 2 is 1.82 bits per heavy atom. The van der Waals surface area contributed by atoms with Gasteiger partial charge in [-0.3, -0.25) is 4.79 Å². The highest BCUT2D eigenvalue weighted by Gasteiger charge is 2.28. The van der Waals surface area contributed by atoms with Crippen LogP contribution in [0.3, 0.4) is 0 Å². The fourth-order valence-electron chi connectivity index (χ4n) is 3.61. The number of ether oxygens (including phenoxy) is 1. The molecule has 4 rings (SSSR count). The Kier molecular flexibility index (Phi) is 5.10. The molecule has 0 saturated carbocycles. The summed E-state index contributed by atoms with van der Waals surface area (Å²) in [5.41, 5.74) is 1.74. The number of para-hydroxylation sites is 1. The number of nitrogens with zero attached hydrogens (tertiary/aromatic N) is 4. The predicted molar refractivity (Wildman–Crippen MR) is 108 cm³/mol. The molecule has 0 aliphatic carbocycles. The van der Waals surface area contributed by atoms with E-state index in [-0.39, 0.29) is 17.8 Å². The molecule has 0 bridgehead atoms. The summed E-state index contributed by atoms with van der Waals surface area (Å²) in [5.74, 6) is 1.55. The molecule has 0 spiro atoms. The van der Waals surface area contributed by atoms with Gasteiger partial charge in [-0.05, 0) is 62.6 Å². The van der Waals surface area contributed by atoms with Crippen molar-refractivity contribution in [3.8, 4) is 22.8 Å². The molecule has 3 aromatic rings. The summed E-state index contributed by atoms with van der Waals surface area (Å²) in [7, 11) is 1.64. The van der Waals surface area contributed by atoms with E-state index in [1.54, 1.807) is 11.8 Å². The first-order valence-electron chi connectivity index (χ1n) is 9.65. The highest BCUT2D eigenvalue weighted by molar-refractivity contribution is 5.91. The molecule has 0 radical (unpaired) electrons. The first kappa shape index (κ1) is 18.2. The number of aromatic nitrogens is 3. The van der Waals surface area contributed by atoms with E-state index in [2.05, 4.69) is 17.0 Å². The zero-order valence-electron chi connectivity index (χ0n) is 16.2. The fourth-order valence-corrected chi connectivity index (χ4v) is 3.61. The minimum Gasteiger partial charge on any atom is -0.497 e. The number of hydrogen-bond acceptors (Lipinski definition) is 4. The molecule has 0 unspecified atom stereocenters. The number of carbonyl (C=O) groups excluding carboxylic acids is 1. The number of amides is 1. The summed E-state index contributed by atoms with van der Waals surface area (Å²) in [6.07, 6.45) is 3.21. The van der Waals surface area contributed by atoms with Crippen LogP contribution in [-0.2, 0) is 0 Å². The molecule has 1 aromatic heterocycles. The van der Waals surface area contributed by atoms with Crippen LogP contribution in [0.25, 0.3) is 17.1 Å². The first-order valence-corrected chi connectivity index (χ1v) is 9.65. The quantitative estimate of drug-likeness (QED) is 0.692. The molecule has 1 aliphatic heterocycles. The molecule has 28 heavy (non-hydrogen) atoms. The molecule has 2 heterocycles. The van der Waals surface area contributed by atoms with Crippen LogP contribution in [-0.4, -0.2) is 45.3 Å². The predicted octanol–water partition coefficient (Wildman–Crippen LogP) is 3.96. The van der Waals surface area contributed by atoms with Crippen LogP contribution in [0.2, 0.25) is 0 Å². The maximum atomic E-state index is 13.1. The van der Waals surface area contributed by atoms with Gasteiger partial charge in [0.25, 0.3) is 5.91 Å². The molecule has 0 N–H and O–H groups in total.